The number of amides is 2. The molecular formula is C29H31Cl2N3O2. The van der Waals surface area contributed by atoms with Crippen LogP contribution in [-0.2, 0) is 16.4 Å². The van der Waals surface area contributed by atoms with Crippen LogP contribution in [0.3, 0.4) is 0 Å². The highest BCUT2D eigenvalue weighted by atomic mass is 35.5. The molecule has 0 aliphatic carbocycles. The predicted molar refractivity (Wildman–Crippen MR) is 145 cm³/mol. The molecule has 7 heteroatoms. The van der Waals surface area contributed by atoms with Crippen LogP contribution in [0.5, 0.6) is 0 Å². The van der Waals surface area contributed by atoms with Crippen LogP contribution in [0.25, 0.3) is 0 Å². The van der Waals surface area contributed by atoms with E-state index in [0.717, 1.165) is 30.8 Å². The van der Waals surface area contributed by atoms with Crippen LogP contribution in [0.15, 0.2) is 78.9 Å². The van der Waals surface area contributed by atoms with Crippen molar-refractivity contribution in [1.29, 1.82) is 0 Å². The van der Waals surface area contributed by atoms with Gasteiger partial charge in [0.1, 0.15) is 0 Å². The highest BCUT2D eigenvalue weighted by Gasteiger charge is 2.41. The molecule has 3 aromatic rings. The van der Waals surface area contributed by atoms with Crippen molar-refractivity contribution < 1.29 is 9.63 Å². The van der Waals surface area contributed by atoms with E-state index in [4.69, 9.17) is 28.0 Å². The van der Waals surface area contributed by atoms with Crippen molar-refractivity contribution in [3.63, 3.8) is 0 Å². The summed E-state index contributed by atoms with van der Waals surface area (Å²) in [5, 5.41) is 0.410. The molecule has 0 saturated carbocycles. The molecule has 0 aromatic heterocycles. The van der Waals surface area contributed by atoms with Crippen molar-refractivity contribution in [2.24, 2.45) is 0 Å². The number of hydroxylamine groups is 2. The maximum Gasteiger partial charge on any atom is 0.344 e. The normalized spacial score (nSPS) is 17.3. The summed E-state index contributed by atoms with van der Waals surface area (Å²) in [5.74, 6) is 0. The molecule has 1 unspecified atom stereocenters. The van der Waals surface area contributed by atoms with Gasteiger partial charge in [-0.05, 0) is 43.4 Å². The fourth-order valence-corrected chi connectivity index (χ4v) is 5.52. The Balaban J connectivity index is 1.53. The summed E-state index contributed by atoms with van der Waals surface area (Å²) in [6.45, 7) is 3.72. The molecule has 2 heterocycles. The van der Waals surface area contributed by atoms with Crippen LogP contribution in [-0.4, -0.2) is 42.2 Å². The van der Waals surface area contributed by atoms with E-state index in [1.54, 1.807) is 11.0 Å². The smallest absolute Gasteiger partial charge is 0.344 e. The van der Waals surface area contributed by atoms with Crippen molar-refractivity contribution >= 4 is 34.9 Å². The molecule has 2 amide bonds. The van der Waals surface area contributed by atoms with E-state index >= 15 is 0 Å². The standard InChI is InChI=1S/C29H31Cl2N3O2/c30-26-16-7-6-15-25(26)29(31,24-13-3-1-4-14-24)36-34(28(35)33-20-11-21-33)22-23-12-5-8-17-27(23)32-18-9-2-10-19-32/h1,3-8,12-17H,2,9-11,18-22H2. The Hall–Kier alpha value is -2.73. The van der Waals surface area contributed by atoms with Gasteiger partial charge in [-0.25, -0.2) is 9.63 Å². The Morgan fingerprint density at radius 1 is 0.833 bits per heavy atom. The second-order valence-corrected chi connectivity index (χ2v) is 10.3. The summed E-state index contributed by atoms with van der Waals surface area (Å²) in [6, 6.07) is 24.9. The lowest BCUT2D eigenvalue weighted by atomic mass is 10.0. The lowest BCUT2D eigenvalue weighted by molar-refractivity contribution is -0.182. The summed E-state index contributed by atoms with van der Waals surface area (Å²) < 4.78 is 0. The number of carbonyl (C=O) groups excluding carboxylic acids is 1. The zero-order chi connectivity index (χ0) is 25.0. The van der Waals surface area contributed by atoms with E-state index in [-0.39, 0.29) is 12.6 Å². The number of urea groups is 1. The number of piperidine rings is 1. The molecule has 1 atom stereocenters. The van der Waals surface area contributed by atoms with Gasteiger partial charge in [-0.15, -0.1) is 0 Å². The van der Waals surface area contributed by atoms with Crippen molar-refractivity contribution in [3.05, 3.63) is 101 Å². The number of carbonyl (C=O) groups is 1. The van der Waals surface area contributed by atoms with E-state index in [9.17, 15) is 4.79 Å². The first-order chi connectivity index (χ1) is 17.6. The van der Waals surface area contributed by atoms with Gasteiger partial charge in [0.15, 0.2) is 0 Å². The van der Waals surface area contributed by atoms with Gasteiger partial charge in [-0.1, -0.05) is 89.9 Å². The summed E-state index contributed by atoms with van der Waals surface area (Å²) in [6.07, 6.45) is 4.59. The number of hydrogen-bond donors (Lipinski definition) is 0. The Morgan fingerprint density at radius 2 is 1.50 bits per heavy atom. The van der Waals surface area contributed by atoms with Crippen LogP contribution in [0.4, 0.5) is 10.5 Å². The van der Waals surface area contributed by atoms with Crippen LogP contribution in [0, 0.1) is 0 Å². The molecule has 188 valence electrons. The number of nitrogens with zero attached hydrogens (tertiary/aromatic N) is 3. The lowest BCUT2D eigenvalue weighted by Crippen LogP contribution is -2.51. The van der Waals surface area contributed by atoms with Gasteiger partial charge in [0.2, 0.25) is 5.06 Å². The minimum atomic E-state index is -1.49. The third-order valence-corrected chi connectivity index (χ3v) is 7.76. The number of alkyl halides is 1. The first-order valence-electron chi connectivity index (χ1n) is 12.6. The minimum absolute atomic E-state index is 0.192. The van der Waals surface area contributed by atoms with Crippen LogP contribution in [0.2, 0.25) is 5.02 Å². The van der Waals surface area contributed by atoms with Gasteiger partial charge in [0, 0.05) is 48.0 Å². The molecule has 2 aliphatic heterocycles. The number of anilines is 1. The van der Waals surface area contributed by atoms with Crippen LogP contribution in [0.1, 0.15) is 42.4 Å². The van der Waals surface area contributed by atoms with Gasteiger partial charge < -0.3 is 9.80 Å². The molecule has 0 N–H and O–H groups in total. The Morgan fingerprint density at radius 3 is 2.19 bits per heavy atom. The highest BCUT2D eigenvalue weighted by Crippen LogP contribution is 2.43. The zero-order valence-electron chi connectivity index (χ0n) is 20.3. The van der Waals surface area contributed by atoms with Gasteiger partial charge in [0.05, 0.1) is 6.54 Å². The monoisotopic (exact) mass is 523 g/mol. The zero-order valence-corrected chi connectivity index (χ0v) is 21.8. The predicted octanol–water partition coefficient (Wildman–Crippen LogP) is 7.03. The van der Waals surface area contributed by atoms with E-state index in [1.807, 2.05) is 54.6 Å². The molecule has 5 nitrogen and oxygen atoms in total. The molecule has 0 spiro atoms. The number of hydrogen-bond acceptors (Lipinski definition) is 3. The highest BCUT2D eigenvalue weighted by molar-refractivity contribution is 6.33. The topological polar surface area (TPSA) is 36.0 Å². The molecule has 0 radical (unpaired) electrons. The SMILES string of the molecule is O=C(N1CCC1)N(Cc1ccccc1N1CCCCC1)OC(Cl)(c1ccccc1)c1ccccc1Cl. The van der Waals surface area contributed by atoms with Crippen LogP contribution < -0.4 is 4.90 Å². The molecule has 2 saturated heterocycles. The summed E-state index contributed by atoms with van der Waals surface area (Å²) in [7, 11) is 0. The Bertz CT molecular complexity index is 1180. The Labute approximate surface area is 223 Å². The fraction of sp³-hybridized carbons (Fsp3) is 0.345. The molecule has 0 bridgehead atoms. The summed E-state index contributed by atoms with van der Waals surface area (Å²) in [4.78, 5) is 24.4. The molecule has 2 fully saturated rings. The summed E-state index contributed by atoms with van der Waals surface area (Å²) in [5.41, 5.74) is 3.45. The molecule has 2 aliphatic rings. The number of halogens is 2. The van der Waals surface area contributed by atoms with Gasteiger partial charge in [-0.3, -0.25) is 0 Å². The van der Waals surface area contributed by atoms with Crippen LogP contribution >= 0.6 is 23.2 Å². The van der Waals surface area contributed by atoms with Gasteiger partial charge in [-0.2, -0.15) is 5.06 Å². The van der Waals surface area contributed by atoms with Gasteiger partial charge >= 0.3 is 6.03 Å². The minimum Gasteiger partial charge on any atom is -0.371 e. The molecule has 36 heavy (non-hydrogen) atoms. The average molecular weight is 524 g/mol. The quantitative estimate of drug-likeness (QED) is 0.246. The number of benzene rings is 3. The molecular weight excluding hydrogens is 493 g/mol. The average Bonchev–Trinajstić information content (AvgIpc) is 2.89. The number of para-hydroxylation sites is 1. The second-order valence-electron chi connectivity index (χ2n) is 9.37. The molecule has 5 rings (SSSR count). The number of rotatable bonds is 7. The first kappa shape index (κ1) is 24.9. The largest absolute Gasteiger partial charge is 0.371 e. The maximum atomic E-state index is 13.7. The Kier molecular flexibility index (Phi) is 7.70. The first-order valence-corrected chi connectivity index (χ1v) is 13.4. The van der Waals surface area contributed by atoms with E-state index in [0.29, 0.717) is 29.2 Å². The van der Waals surface area contributed by atoms with E-state index in [1.165, 1.54) is 24.3 Å². The fourth-order valence-electron chi connectivity index (χ4n) is 4.83. The lowest BCUT2D eigenvalue weighted by Gasteiger charge is -2.40. The third kappa shape index (κ3) is 5.19. The second kappa shape index (κ2) is 11.1. The van der Waals surface area contributed by atoms with Crippen molar-refractivity contribution in [2.45, 2.75) is 37.3 Å². The van der Waals surface area contributed by atoms with E-state index in [2.05, 4.69) is 23.1 Å². The molecule has 3 aromatic carbocycles. The number of likely N-dealkylation sites (tertiary alicyclic amines) is 1. The van der Waals surface area contributed by atoms with Crippen molar-refractivity contribution in [2.75, 3.05) is 31.1 Å². The maximum absolute atomic E-state index is 13.7. The van der Waals surface area contributed by atoms with Crippen molar-refractivity contribution in [1.82, 2.24) is 9.96 Å². The van der Waals surface area contributed by atoms with Gasteiger partial charge in [0.25, 0.3) is 0 Å². The van der Waals surface area contributed by atoms with E-state index < -0.39 is 5.06 Å². The summed E-state index contributed by atoms with van der Waals surface area (Å²) >= 11 is 13.9. The van der Waals surface area contributed by atoms with Crippen molar-refractivity contribution in [3.8, 4) is 0 Å². The third-order valence-electron chi connectivity index (χ3n) is 6.94.